The number of carbonyl (C=O) groups is 1. The summed E-state index contributed by atoms with van der Waals surface area (Å²) in [5.74, 6) is 0.0737. The summed E-state index contributed by atoms with van der Waals surface area (Å²) in [7, 11) is 3.25. The number of ether oxygens (including phenoxy) is 2. The third kappa shape index (κ3) is 3.52. The van der Waals surface area contributed by atoms with Gasteiger partial charge in [0.2, 0.25) is 5.88 Å². The van der Waals surface area contributed by atoms with Crippen molar-refractivity contribution in [2.75, 3.05) is 25.2 Å². The largest absolute Gasteiger partial charge is 0.479 e. The number of amides is 1. The Balaban J connectivity index is 1.75. The molecule has 0 unspecified atom stereocenters. The van der Waals surface area contributed by atoms with Crippen LogP contribution in [0.3, 0.4) is 0 Å². The summed E-state index contributed by atoms with van der Waals surface area (Å²) < 4.78 is 13.5. The molecule has 27 heavy (non-hydrogen) atoms. The summed E-state index contributed by atoms with van der Waals surface area (Å²) >= 11 is 7.71. The van der Waals surface area contributed by atoms with E-state index in [2.05, 4.69) is 10.1 Å². The van der Waals surface area contributed by atoms with Crippen molar-refractivity contribution < 1.29 is 14.3 Å². The number of benzene rings is 1. The second-order valence-electron chi connectivity index (χ2n) is 6.36. The van der Waals surface area contributed by atoms with E-state index < -0.39 is 0 Å². The lowest BCUT2D eigenvalue weighted by molar-refractivity contribution is 0.0915. The van der Waals surface area contributed by atoms with Crippen LogP contribution in [0, 0.1) is 0 Å². The van der Waals surface area contributed by atoms with Gasteiger partial charge in [-0.1, -0.05) is 29.0 Å². The number of aromatic nitrogens is 3. The number of carbonyl (C=O) groups excluding carboxylic acids is 1. The van der Waals surface area contributed by atoms with Crippen LogP contribution < -0.4 is 9.64 Å². The van der Waals surface area contributed by atoms with E-state index in [1.807, 2.05) is 12.1 Å². The second-order valence-corrected chi connectivity index (χ2v) is 7.78. The number of halogens is 1. The Labute approximate surface area is 165 Å². The van der Waals surface area contributed by atoms with Gasteiger partial charge in [-0.2, -0.15) is 0 Å². The fourth-order valence-electron chi connectivity index (χ4n) is 3.17. The standard InChI is InChI=1S/C18H19ClN4O3S/c1-22-10-12(16(21-22)25-2)17(24)23(9-11-5-4-8-26-11)18-20-15-13(19)6-3-7-14(15)27-18/h3,6-7,10-11H,4-5,8-9H2,1-2H3/t11-/m1/s1. The van der Waals surface area contributed by atoms with Gasteiger partial charge in [-0.05, 0) is 25.0 Å². The Hall–Kier alpha value is -2.16. The highest BCUT2D eigenvalue weighted by Crippen LogP contribution is 2.34. The fraction of sp³-hybridized carbons (Fsp3) is 0.389. The summed E-state index contributed by atoms with van der Waals surface area (Å²) in [6.45, 7) is 1.14. The van der Waals surface area contributed by atoms with Crippen LogP contribution in [0.25, 0.3) is 10.2 Å². The lowest BCUT2D eigenvalue weighted by Crippen LogP contribution is -2.37. The minimum Gasteiger partial charge on any atom is -0.479 e. The van der Waals surface area contributed by atoms with Gasteiger partial charge in [0.1, 0.15) is 11.1 Å². The molecule has 1 aliphatic rings. The number of hydrogen-bond acceptors (Lipinski definition) is 6. The van der Waals surface area contributed by atoms with Gasteiger partial charge < -0.3 is 9.47 Å². The minimum atomic E-state index is -0.217. The molecule has 3 aromatic rings. The molecule has 0 saturated carbocycles. The van der Waals surface area contributed by atoms with Crippen molar-refractivity contribution in [3.05, 3.63) is 35.0 Å². The van der Waals surface area contributed by atoms with Crippen LogP contribution in [-0.4, -0.2) is 47.0 Å². The maximum Gasteiger partial charge on any atom is 0.267 e. The second kappa shape index (κ2) is 7.46. The minimum absolute atomic E-state index is 0.0147. The zero-order valence-corrected chi connectivity index (χ0v) is 16.6. The monoisotopic (exact) mass is 406 g/mol. The van der Waals surface area contributed by atoms with Crippen LogP contribution in [0.1, 0.15) is 23.2 Å². The number of rotatable bonds is 5. The summed E-state index contributed by atoms with van der Waals surface area (Å²) in [6, 6.07) is 5.62. The molecule has 3 heterocycles. The molecule has 0 N–H and O–H groups in total. The van der Waals surface area contributed by atoms with Crippen molar-refractivity contribution in [3.8, 4) is 5.88 Å². The fourth-order valence-corrected chi connectivity index (χ4v) is 4.44. The van der Waals surface area contributed by atoms with Crippen molar-refractivity contribution in [1.29, 1.82) is 0 Å². The number of hydrogen-bond donors (Lipinski definition) is 0. The van der Waals surface area contributed by atoms with Crippen LogP contribution in [0.5, 0.6) is 5.88 Å². The predicted molar refractivity (Wildman–Crippen MR) is 105 cm³/mol. The van der Waals surface area contributed by atoms with Crippen molar-refractivity contribution >= 4 is 44.2 Å². The molecule has 1 aliphatic heterocycles. The van der Waals surface area contributed by atoms with Gasteiger partial charge in [0, 0.05) is 19.9 Å². The van der Waals surface area contributed by atoms with Crippen molar-refractivity contribution in [1.82, 2.24) is 14.8 Å². The van der Waals surface area contributed by atoms with E-state index in [0.29, 0.717) is 40.3 Å². The molecule has 1 amide bonds. The molecule has 142 valence electrons. The Morgan fingerprint density at radius 2 is 2.37 bits per heavy atom. The van der Waals surface area contributed by atoms with E-state index in [0.717, 1.165) is 17.5 Å². The van der Waals surface area contributed by atoms with Crippen molar-refractivity contribution in [3.63, 3.8) is 0 Å². The normalized spacial score (nSPS) is 16.8. The molecular formula is C18H19ClN4O3S. The van der Waals surface area contributed by atoms with Crippen LogP contribution in [0.2, 0.25) is 5.02 Å². The van der Waals surface area contributed by atoms with Crippen molar-refractivity contribution in [2.24, 2.45) is 7.05 Å². The van der Waals surface area contributed by atoms with Crippen LogP contribution in [0.15, 0.2) is 24.4 Å². The van der Waals surface area contributed by atoms with Crippen molar-refractivity contribution in [2.45, 2.75) is 18.9 Å². The summed E-state index contributed by atoms with van der Waals surface area (Å²) in [4.78, 5) is 19.6. The number of aryl methyl sites for hydroxylation is 1. The molecular weight excluding hydrogens is 388 g/mol. The first kappa shape index (κ1) is 18.2. The van der Waals surface area contributed by atoms with E-state index >= 15 is 0 Å². The van der Waals surface area contributed by atoms with E-state index in [9.17, 15) is 4.79 Å². The van der Waals surface area contributed by atoms with Gasteiger partial charge in [-0.15, -0.1) is 5.10 Å². The first-order valence-corrected chi connectivity index (χ1v) is 9.82. The number of methoxy groups -OCH3 is 1. The first-order valence-electron chi connectivity index (χ1n) is 8.63. The van der Waals surface area contributed by atoms with E-state index in [1.165, 1.54) is 18.4 Å². The number of anilines is 1. The molecule has 7 nitrogen and oxygen atoms in total. The number of nitrogens with zero attached hydrogens (tertiary/aromatic N) is 4. The molecule has 4 rings (SSSR count). The molecule has 0 bridgehead atoms. The number of para-hydroxylation sites is 1. The lowest BCUT2D eigenvalue weighted by Gasteiger charge is -2.22. The highest BCUT2D eigenvalue weighted by atomic mass is 35.5. The summed E-state index contributed by atoms with van der Waals surface area (Å²) in [5.41, 5.74) is 1.09. The zero-order chi connectivity index (χ0) is 19.0. The van der Waals surface area contributed by atoms with Crippen LogP contribution >= 0.6 is 22.9 Å². The van der Waals surface area contributed by atoms with Gasteiger partial charge in [0.25, 0.3) is 5.91 Å². The lowest BCUT2D eigenvalue weighted by atomic mass is 10.2. The van der Waals surface area contributed by atoms with Crippen LogP contribution in [-0.2, 0) is 11.8 Å². The van der Waals surface area contributed by atoms with Gasteiger partial charge in [-0.25, -0.2) is 4.98 Å². The van der Waals surface area contributed by atoms with Crippen LogP contribution in [0.4, 0.5) is 5.13 Å². The molecule has 0 radical (unpaired) electrons. The van der Waals surface area contributed by atoms with E-state index in [1.54, 1.807) is 28.9 Å². The maximum absolute atomic E-state index is 13.4. The van der Waals surface area contributed by atoms with Gasteiger partial charge in [0.05, 0.1) is 29.5 Å². The predicted octanol–water partition coefficient (Wildman–Crippen LogP) is 3.52. The molecule has 1 atom stereocenters. The number of thiazole rings is 1. The first-order chi connectivity index (χ1) is 13.1. The Morgan fingerprint density at radius 3 is 3.07 bits per heavy atom. The third-order valence-corrected chi connectivity index (χ3v) is 5.81. The Bertz CT molecular complexity index is 980. The highest BCUT2D eigenvalue weighted by molar-refractivity contribution is 7.22. The maximum atomic E-state index is 13.4. The Morgan fingerprint density at radius 1 is 1.52 bits per heavy atom. The zero-order valence-electron chi connectivity index (χ0n) is 15.0. The summed E-state index contributed by atoms with van der Waals surface area (Å²) in [6.07, 6.45) is 3.55. The SMILES string of the molecule is COc1nn(C)cc1C(=O)N(C[C@H]1CCCO1)c1nc2c(Cl)cccc2s1. The molecule has 1 saturated heterocycles. The number of fused-ring (bicyclic) bond motifs is 1. The Kier molecular flexibility index (Phi) is 5.03. The molecule has 2 aromatic heterocycles. The van der Waals surface area contributed by atoms with Gasteiger partial charge in [-0.3, -0.25) is 14.4 Å². The third-order valence-electron chi connectivity index (χ3n) is 4.46. The molecule has 1 fully saturated rings. The molecule has 1 aromatic carbocycles. The molecule has 0 spiro atoms. The average Bonchev–Trinajstić information content (AvgIpc) is 3.38. The van der Waals surface area contributed by atoms with Gasteiger partial charge in [0.15, 0.2) is 5.13 Å². The quantitative estimate of drug-likeness (QED) is 0.648. The smallest absolute Gasteiger partial charge is 0.267 e. The van der Waals surface area contributed by atoms with Gasteiger partial charge >= 0.3 is 0 Å². The molecule has 9 heteroatoms. The molecule has 0 aliphatic carbocycles. The van der Waals surface area contributed by atoms with E-state index in [-0.39, 0.29) is 12.0 Å². The topological polar surface area (TPSA) is 69.5 Å². The highest BCUT2D eigenvalue weighted by Gasteiger charge is 2.30. The average molecular weight is 407 g/mol. The summed E-state index contributed by atoms with van der Waals surface area (Å²) in [5, 5.41) is 5.35. The van der Waals surface area contributed by atoms with E-state index in [4.69, 9.17) is 21.1 Å².